The molecule has 1 rings (SSSR count). The Balaban J connectivity index is 2.97. The summed E-state index contributed by atoms with van der Waals surface area (Å²) in [4.78, 5) is 4.10. The van der Waals surface area contributed by atoms with Crippen LogP contribution in [0, 0.1) is 0 Å². The van der Waals surface area contributed by atoms with E-state index in [0.717, 1.165) is 5.82 Å². The third-order valence-corrected chi connectivity index (χ3v) is 1.24. The van der Waals surface area contributed by atoms with Crippen LogP contribution in [0.25, 0.3) is 0 Å². The number of rotatable bonds is 1. The Hall–Kier alpha value is -0.930. The monoisotopic (exact) mass is 138 g/mol. The highest BCUT2D eigenvalue weighted by Gasteiger charge is 2.12. The van der Waals surface area contributed by atoms with E-state index in [1.54, 1.807) is 6.20 Å². The summed E-state index contributed by atoms with van der Waals surface area (Å²) in [5.74, 6) is 6.60. The highest BCUT2D eigenvalue weighted by molar-refractivity contribution is 5.29. The molecule has 1 aromatic heterocycles. The molecular formula is C7H12N3+. The Bertz CT molecular complexity index is 200. The van der Waals surface area contributed by atoms with Crippen molar-refractivity contribution >= 4 is 5.82 Å². The van der Waals surface area contributed by atoms with Gasteiger partial charge in [-0.2, -0.15) is 5.84 Å². The Kier molecular flexibility index (Phi) is 1.70. The van der Waals surface area contributed by atoms with E-state index in [-0.39, 0.29) is 4.59 Å². The van der Waals surface area contributed by atoms with Gasteiger partial charge in [0.15, 0.2) is 0 Å². The molecule has 10 heavy (non-hydrogen) atoms. The average Bonchev–Trinajstić information content (AvgIpc) is 1.88. The molecule has 1 heterocycles. The molecule has 0 spiro atoms. The number of hydrogen-bond donors (Lipinski definition) is 1. The first-order valence-corrected chi connectivity index (χ1v) is 3.15. The Morgan fingerprint density at radius 1 is 1.40 bits per heavy atom. The standard InChI is InChI=1S/C7H12N3/c1-10(2,8)7-5-3-4-6-9-7/h3-6H,8H2,1-2H3/q+1. The lowest BCUT2D eigenvalue weighted by molar-refractivity contribution is 0.408. The molecule has 3 heteroatoms. The number of hydrogen-bond acceptors (Lipinski definition) is 2. The van der Waals surface area contributed by atoms with Gasteiger partial charge in [0.05, 0.1) is 14.1 Å². The highest BCUT2D eigenvalue weighted by Crippen LogP contribution is 2.07. The molecule has 3 nitrogen and oxygen atoms in total. The molecule has 0 saturated heterocycles. The van der Waals surface area contributed by atoms with E-state index in [2.05, 4.69) is 4.98 Å². The Morgan fingerprint density at radius 2 is 2.10 bits per heavy atom. The van der Waals surface area contributed by atoms with E-state index < -0.39 is 0 Å². The van der Waals surface area contributed by atoms with E-state index in [9.17, 15) is 0 Å². The first-order valence-electron chi connectivity index (χ1n) is 3.15. The summed E-state index contributed by atoms with van der Waals surface area (Å²) in [5.41, 5.74) is 0. The predicted octanol–water partition coefficient (Wildman–Crippen LogP) is 0.522. The molecule has 0 aromatic carbocycles. The van der Waals surface area contributed by atoms with E-state index >= 15 is 0 Å². The third-order valence-electron chi connectivity index (χ3n) is 1.24. The van der Waals surface area contributed by atoms with Gasteiger partial charge in [-0.1, -0.05) is 6.07 Å². The number of aromatic nitrogens is 1. The normalized spacial score (nSPS) is 11.5. The van der Waals surface area contributed by atoms with Crippen LogP contribution in [-0.2, 0) is 0 Å². The lowest BCUT2D eigenvalue weighted by Gasteiger charge is -2.19. The van der Waals surface area contributed by atoms with Crippen molar-refractivity contribution in [2.45, 2.75) is 0 Å². The molecule has 0 aliphatic carbocycles. The van der Waals surface area contributed by atoms with Crippen molar-refractivity contribution in [3.63, 3.8) is 0 Å². The number of nitrogens with zero attached hydrogens (tertiary/aromatic N) is 2. The van der Waals surface area contributed by atoms with Crippen molar-refractivity contribution in [1.82, 2.24) is 9.58 Å². The van der Waals surface area contributed by atoms with E-state index in [4.69, 9.17) is 5.84 Å². The van der Waals surface area contributed by atoms with Crippen molar-refractivity contribution in [3.05, 3.63) is 24.4 Å². The van der Waals surface area contributed by atoms with Crippen molar-refractivity contribution in [1.29, 1.82) is 0 Å². The molecule has 0 fully saturated rings. The van der Waals surface area contributed by atoms with E-state index in [1.165, 1.54) is 0 Å². The van der Waals surface area contributed by atoms with Gasteiger partial charge in [-0.3, -0.25) is 0 Å². The van der Waals surface area contributed by atoms with Crippen molar-refractivity contribution in [2.24, 2.45) is 5.84 Å². The van der Waals surface area contributed by atoms with Crippen LogP contribution in [0.1, 0.15) is 0 Å². The molecule has 0 bridgehead atoms. The minimum absolute atomic E-state index is 0.279. The second-order valence-electron chi connectivity index (χ2n) is 2.73. The molecule has 1 aromatic rings. The fourth-order valence-electron chi connectivity index (χ4n) is 0.695. The SMILES string of the molecule is C[N+](C)(N)c1ccccn1. The fraction of sp³-hybridized carbons (Fsp3) is 0.286. The van der Waals surface area contributed by atoms with Gasteiger partial charge in [-0.05, 0) is 6.07 Å². The molecule has 0 aliphatic rings. The van der Waals surface area contributed by atoms with Crippen LogP contribution in [0.15, 0.2) is 24.4 Å². The van der Waals surface area contributed by atoms with Gasteiger partial charge in [-0.25, -0.2) is 9.58 Å². The first kappa shape index (κ1) is 7.18. The van der Waals surface area contributed by atoms with Crippen LogP contribution >= 0.6 is 0 Å². The number of quaternary nitrogens is 1. The summed E-state index contributed by atoms with van der Waals surface area (Å²) in [6.07, 6.45) is 1.74. The summed E-state index contributed by atoms with van der Waals surface area (Å²) < 4.78 is 0.279. The average molecular weight is 138 g/mol. The molecule has 0 aliphatic heterocycles. The van der Waals surface area contributed by atoms with E-state index in [1.807, 2.05) is 32.3 Å². The molecule has 0 amide bonds. The van der Waals surface area contributed by atoms with Crippen LogP contribution in [0.5, 0.6) is 0 Å². The van der Waals surface area contributed by atoms with Crippen LogP contribution < -0.4 is 10.4 Å². The maximum absolute atomic E-state index is 5.73. The summed E-state index contributed by atoms with van der Waals surface area (Å²) in [6.45, 7) is 0. The maximum Gasteiger partial charge on any atom is 0.246 e. The quantitative estimate of drug-likeness (QED) is 0.349. The zero-order valence-electron chi connectivity index (χ0n) is 6.28. The van der Waals surface area contributed by atoms with Gasteiger partial charge in [0, 0.05) is 12.3 Å². The molecule has 2 N–H and O–H groups in total. The fourth-order valence-corrected chi connectivity index (χ4v) is 0.695. The van der Waals surface area contributed by atoms with Crippen molar-refractivity contribution in [3.8, 4) is 0 Å². The molecule has 0 atom stereocenters. The molecule has 0 unspecified atom stereocenters. The van der Waals surface area contributed by atoms with Crippen LogP contribution in [0.4, 0.5) is 5.82 Å². The third kappa shape index (κ3) is 1.52. The summed E-state index contributed by atoms with van der Waals surface area (Å²) >= 11 is 0. The van der Waals surface area contributed by atoms with Crippen LogP contribution in [0.2, 0.25) is 0 Å². The van der Waals surface area contributed by atoms with Crippen molar-refractivity contribution in [2.75, 3.05) is 14.1 Å². The van der Waals surface area contributed by atoms with Gasteiger partial charge in [-0.15, -0.1) is 0 Å². The summed E-state index contributed by atoms with van der Waals surface area (Å²) in [6, 6.07) is 5.70. The summed E-state index contributed by atoms with van der Waals surface area (Å²) in [5, 5.41) is 0. The molecule has 0 saturated carbocycles. The smallest absolute Gasteiger partial charge is 0.205 e. The summed E-state index contributed by atoms with van der Waals surface area (Å²) in [7, 11) is 3.75. The minimum atomic E-state index is 0.279. The molecular weight excluding hydrogens is 126 g/mol. The van der Waals surface area contributed by atoms with E-state index in [0.29, 0.717) is 0 Å². The zero-order chi connectivity index (χ0) is 7.61. The Morgan fingerprint density at radius 3 is 2.40 bits per heavy atom. The van der Waals surface area contributed by atoms with Gasteiger partial charge < -0.3 is 0 Å². The number of nitrogens with two attached hydrogens (primary N) is 1. The lowest BCUT2D eigenvalue weighted by Crippen LogP contribution is -2.48. The minimum Gasteiger partial charge on any atom is -0.205 e. The van der Waals surface area contributed by atoms with Crippen LogP contribution in [0.3, 0.4) is 0 Å². The van der Waals surface area contributed by atoms with Gasteiger partial charge in [0.2, 0.25) is 5.82 Å². The topological polar surface area (TPSA) is 38.9 Å². The molecule has 54 valence electrons. The predicted molar refractivity (Wildman–Crippen MR) is 42.1 cm³/mol. The van der Waals surface area contributed by atoms with Crippen LogP contribution in [-0.4, -0.2) is 19.1 Å². The van der Waals surface area contributed by atoms with Gasteiger partial charge >= 0.3 is 0 Å². The van der Waals surface area contributed by atoms with Gasteiger partial charge in [0.25, 0.3) is 0 Å². The second-order valence-corrected chi connectivity index (χ2v) is 2.73. The highest BCUT2D eigenvalue weighted by atomic mass is 15.6. The van der Waals surface area contributed by atoms with Gasteiger partial charge in [0.1, 0.15) is 0 Å². The maximum atomic E-state index is 5.73. The molecule has 0 radical (unpaired) electrons. The largest absolute Gasteiger partial charge is 0.246 e. The Labute approximate surface area is 60.7 Å². The lowest BCUT2D eigenvalue weighted by atomic mass is 10.4. The second kappa shape index (κ2) is 2.36. The van der Waals surface area contributed by atoms with Crippen molar-refractivity contribution < 1.29 is 0 Å². The first-order chi connectivity index (χ1) is 4.61. The number of pyridine rings is 1. The zero-order valence-corrected chi connectivity index (χ0v) is 6.28.